The fraction of sp³-hybridized carbons (Fsp3) is 0.143. The second-order valence-corrected chi connectivity index (χ2v) is 6.59. The summed E-state index contributed by atoms with van der Waals surface area (Å²) in [7, 11) is -2.72. The van der Waals surface area contributed by atoms with Crippen molar-refractivity contribution in [2.75, 3.05) is 12.8 Å². The van der Waals surface area contributed by atoms with Crippen LogP contribution < -0.4 is 5.73 Å². The maximum Gasteiger partial charge on any atom is 0.246 e. The van der Waals surface area contributed by atoms with E-state index in [0.717, 1.165) is 16.4 Å². The molecule has 0 unspecified atom stereocenters. The molecule has 0 spiro atoms. The number of hydrogen-bond donors (Lipinski definition) is 1. The van der Waals surface area contributed by atoms with E-state index in [1.54, 1.807) is 6.07 Å². The molecule has 0 saturated carbocycles. The van der Waals surface area contributed by atoms with E-state index in [1.807, 2.05) is 0 Å². The Labute approximate surface area is 121 Å². The molecule has 0 radical (unpaired) electrons. The number of sulfonamides is 1. The highest BCUT2D eigenvalue weighted by Crippen LogP contribution is 2.21. The number of halogens is 2. The first-order chi connectivity index (χ1) is 9.80. The van der Waals surface area contributed by atoms with Crippen molar-refractivity contribution in [1.29, 1.82) is 0 Å². The topological polar surface area (TPSA) is 63.4 Å². The monoisotopic (exact) mass is 312 g/mol. The van der Waals surface area contributed by atoms with E-state index in [2.05, 4.69) is 0 Å². The van der Waals surface area contributed by atoms with Gasteiger partial charge in [0.1, 0.15) is 16.5 Å². The molecule has 2 aromatic carbocycles. The summed E-state index contributed by atoms with van der Waals surface area (Å²) in [4.78, 5) is -0.462. The summed E-state index contributed by atoms with van der Waals surface area (Å²) >= 11 is 0. The molecule has 0 saturated heterocycles. The van der Waals surface area contributed by atoms with Gasteiger partial charge in [0.2, 0.25) is 10.0 Å². The van der Waals surface area contributed by atoms with Gasteiger partial charge in [0.05, 0.1) is 0 Å². The minimum absolute atomic E-state index is 0.0656. The summed E-state index contributed by atoms with van der Waals surface area (Å²) in [6.45, 7) is -0.0656. The van der Waals surface area contributed by atoms with Crippen molar-refractivity contribution in [3.63, 3.8) is 0 Å². The normalized spacial score (nSPS) is 11.8. The van der Waals surface area contributed by atoms with E-state index < -0.39 is 26.6 Å². The van der Waals surface area contributed by atoms with Gasteiger partial charge in [-0.3, -0.25) is 0 Å². The maximum absolute atomic E-state index is 13.8. The van der Waals surface area contributed by atoms with E-state index in [4.69, 9.17) is 5.73 Å². The Bertz CT molecular complexity index is 763. The van der Waals surface area contributed by atoms with Gasteiger partial charge in [-0.2, -0.15) is 4.31 Å². The molecule has 0 aliphatic carbocycles. The Balaban J connectivity index is 2.30. The van der Waals surface area contributed by atoms with E-state index in [0.29, 0.717) is 5.56 Å². The second kappa shape index (κ2) is 5.79. The lowest BCUT2D eigenvalue weighted by molar-refractivity contribution is 0.459. The van der Waals surface area contributed by atoms with Gasteiger partial charge in [-0.05, 0) is 35.9 Å². The first-order valence-corrected chi connectivity index (χ1v) is 7.50. The van der Waals surface area contributed by atoms with E-state index in [-0.39, 0.29) is 12.2 Å². The Morgan fingerprint density at radius 1 is 1.14 bits per heavy atom. The highest BCUT2D eigenvalue weighted by molar-refractivity contribution is 7.89. The van der Waals surface area contributed by atoms with Crippen LogP contribution in [0.2, 0.25) is 0 Å². The SMILES string of the molecule is CN(Cc1cccc(F)c1)S(=O)(=O)c1ccc(N)cc1F. The summed E-state index contributed by atoms with van der Waals surface area (Å²) in [6.07, 6.45) is 0. The Morgan fingerprint density at radius 3 is 2.48 bits per heavy atom. The van der Waals surface area contributed by atoms with Crippen molar-refractivity contribution in [2.24, 2.45) is 0 Å². The third kappa shape index (κ3) is 3.37. The fourth-order valence-corrected chi connectivity index (χ4v) is 3.07. The van der Waals surface area contributed by atoms with Crippen LogP contribution in [0.4, 0.5) is 14.5 Å². The number of rotatable bonds is 4. The third-order valence-electron chi connectivity index (χ3n) is 2.94. The molecule has 0 aliphatic rings. The molecule has 21 heavy (non-hydrogen) atoms. The highest BCUT2D eigenvalue weighted by atomic mass is 32.2. The maximum atomic E-state index is 13.8. The largest absolute Gasteiger partial charge is 0.399 e. The van der Waals surface area contributed by atoms with Crippen molar-refractivity contribution in [2.45, 2.75) is 11.4 Å². The smallest absolute Gasteiger partial charge is 0.246 e. The number of nitrogens with zero attached hydrogens (tertiary/aromatic N) is 1. The lowest BCUT2D eigenvalue weighted by atomic mass is 10.2. The molecule has 0 atom stereocenters. The van der Waals surface area contributed by atoms with Crippen molar-refractivity contribution < 1.29 is 17.2 Å². The molecule has 4 nitrogen and oxygen atoms in total. The number of hydrogen-bond acceptors (Lipinski definition) is 3. The van der Waals surface area contributed by atoms with Crippen LogP contribution in [0.25, 0.3) is 0 Å². The molecule has 2 aromatic rings. The molecule has 0 aliphatic heterocycles. The molecule has 2 rings (SSSR count). The molecule has 0 heterocycles. The van der Waals surface area contributed by atoms with Crippen LogP contribution in [0.3, 0.4) is 0 Å². The van der Waals surface area contributed by atoms with Crippen molar-refractivity contribution in [1.82, 2.24) is 4.31 Å². The molecule has 0 amide bonds. The first kappa shape index (κ1) is 15.4. The van der Waals surface area contributed by atoms with Gasteiger partial charge < -0.3 is 5.73 Å². The predicted octanol–water partition coefficient (Wildman–Crippen LogP) is 2.37. The average molecular weight is 312 g/mol. The lowest BCUT2D eigenvalue weighted by Crippen LogP contribution is -2.27. The Morgan fingerprint density at radius 2 is 1.86 bits per heavy atom. The zero-order valence-corrected chi connectivity index (χ0v) is 12.1. The quantitative estimate of drug-likeness (QED) is 0.882. The van der Waals surface area contributed by atoms with Crippen LogP contribution in [-0.2, 0) is 16.6 Å². The van der Waals surface area contributed by atoms with Gasteiger partial charge in [-0.1, -0.05) is 12.1 Å². The second-order valence-electron chi connectivity index (χ2n) is 4.58. The van der Waals surface area contributed by atoms with Gasteiger partial charge in [0, 0.05) is 19.3 Å². The summed E-state index contributed by atoms with van der Waals surface area (Å²) < 4.78 is 52.4. The van der Waals surface area contributed by atoms with Crippen molar-refractivity contribution in [3.8, 4) is 0 Å². The van der Waals surface area contributed by atoms with Gasteiger partial charge in [-0.15, -0.1) is 0 Å². The molecule has 7 heteroatoms. The van der Waals surface area contributed by atoms with Crippen LogP contribution >= 0.6 is 0 Å². The number of benzene rings is 2. The Hall–Kier alpha value is -1.99. The molecule has 0 bridgehead atoms. The van der Waals surface area contributed by atoms with Crippen LogP contribution in [0.15, 0.2) is 47.4 Å². The molecular formula is C14H14F2N2O2S. The first-order valence-electron chi connectivity index (χ1n) is 6.06. The average Bonchev–Trinajstić information content (AvgIpc) is 2.38. The highest BCUT2D eigenvalue weighted by Gasteiger charge is 2.24. The van der Waals surface area contributed by atoms with Crippen molar-refractivity contribution >= 4 is 15.7 Å². The van der Waals surface area contributed by atoms with Crippen LogP contribution in [-0.4, -0.2) is 19.8 Å². The number of anilines is 1. The van der Waals surface area contributed by atoms with E-state index in [9.17, 15) is 17.2 Å². The molecule has 0 aromatic heterocycles. The van der Waals surface area contributed by atoms with Gasteiger partial charge >= 0.3 is 0 Å². The minimum atomic E-state index is -4.02. The minimum Gasteiger partial charge on any atom is -0.399 e. The summed E-state index contributed by atoms with van der Waals surface area (Å²) in [5.41, 5.74) is 6.00. The summed E-state index contributed by atoms with van der Waals surface area (Å²) in [5.74, 6) is -1.38. The molecule has 2 N–H and O–H groups in total. The number of nitrogen functional groups attached to an aromatic ring is 1. The third-order valence-corrected chi connectivity index (χ3v) is 4.78. The van der Waals surface area contributed by atoms with Crippen LogP contribution in [0.1, 0.15) is 5.56 Å². The predicted molar refractivity (Wildman–Crippen MR) is 75.9 cm³/mol. The molecule has 112 valence electrons. The van der Waals surface area contributed by atoms with Crippen LogP contribution in [0.5, 0.6) is 0 Å². The molecular weight excluding hydrogens is 298 g/mol. The summed E-state index contributed by atoms with van der Waals surface area (Å²) in [5, 5.41) is 0. The lowest BCUT2D eigenvalue weighted by Gasteiger charge is -2.18. The zero-order valence-electron chi connectivity index (χ0n) is 11.3. The van der Waals surface area contributed by atoms with Gasteiger partial charge in [-0.25, -0.2) is 17.2 Å². The zero-order chi connectivity index (χ0) is 15.6. The fourth-order valence-electron chi connectivity index (χ4n) is 1.87. The van der Waals surface area contributed by atoms with E-state index in [1.165, 1.54) is 31.3 Å². The van der Waals surface area contributed by atoms with Crippen LogP contribution in [0, 0.1) is 11.6 Å². The van der Waals surface area contributed by atoms with Gasteiger partial charge in [0.15, 0.2) is 0 Å². The van der Waals surface area contributed by atoms with Gasteiger partial charge in [0.25, 0.3) is 0 Å². The standard InChI is InChI=1S/C14H14F2N2O2S/c1-18(9-10-3-2-4-11(15)7-10)21(19,20)14-6-5-12(17)8-13(14)16/h2-8H,9,17H2,1H3. The molecule has 0 fully saturated rings. The van der Waals surface area contributed by atoms with Crippen molar-refractivity contribution in [3.05, 3.63) is 59.7 Å². The summed E-state index contributed by atoms with van der Waals surface area (Å²) in [6, 6.07) is 8.93. The Kier molecular flexibility index (Phi) is 4.24. The number of nitrogens with two attached hydrogens (primary N) is 1. The van der Waals surface area contributed by atoms with E-state index >= 15 is 0 Å².